The Morgan fingerprint density at radius 3 is 2.63 bits per heavy atom. The standard InChI is InChI=1S/C16H31N3/c1-18(10-14-4-5-14)11-16-6-8-19(13-16)12-15-3-2-7-17-9-15/h14-17H,2-13H2,1H3. The highest BCUT2D eigenvalue weighted by molar-refractivity contribution is 4.82. The first-order valence-electron chi connectivity index (χ1n) is 8.41. The van der Waals surface area contributed by atoms with Crippen molar-refractivity contribution >= 4 is 0 Å². The maximum Gasteiger partial charge on any atom is 0.00225 e. The van der Waals surface area contributed by atoms with Crippen molar-refractivity contribution < 1.29 is 0 Å². The minimum Gasteiger partial charge on any atom is -0.316 e. The van der Waals surface area contributed by atoms with Crippen LogP contribution < -0.4 is 5.32 Å². The lowest BCUT2D eigenvalue weighted by molar-refractivity contribution is 0.222. The van der Waals surface area contributed by atoms with Crippen molar-refractivity contribution in [3.05, 3.63) is 0 Å². The quantitative estimate of drug-likeness (QED) is 0.788. The van der Waals surface area contributed by atoms with Gasteiger partial charge in [-0.05, 0) is 76.5 Å². The van der Waals surface area contributed by atoms with Gasteiger partial charge in [0.1, 0.15) is 0 Å². The first-order chi connectivity index (χ1) is 9.29. The maximum atomic E-state index is 3.55. The summed E-state index contributed by atoms with van der Waals surface area (Å²) in [5.74, 6) is 2.88. The third-order valence-electron chi connectivity index (χ3n) is 5.12. The number of piperidine rings is 1. The van der Waals surface area contributed by atoms with Gasteiger partial charge in [-0.15, -0.1) is 0 Å². The number of nitrogens with zero attached hydrogens (tertiary/aromatic N) is 2. The Morgan fingerprint density at radius 2 is 1.89 bits per heavy atom. The molecule has 3 fully saturated rings. The first kappa shape index (κ1) is 13.8. The number of likely N-dealkylation sites (tertiary alicyclic amines) is 1. The molecule has 2 saturated heterocycles. The fourth-order valence-electron chi connectivity index (χ4n) is 3.93. The van der Waals surface area contributed by atoms with Gasteiger partial charge in [-0.25, -0.2) is 0 Å². The number of hydrogen-bond acceptors (Lipinski definition) is 3. The molecule has 0 spiro atoms. The molecular weight excluding hydrogens is 234 g/mol. The summed E-state index contributed by atoms with van der Waals surface area (Å²) in [5.41, 5.74) is 0. The molecule has 2 atom stereocenters. The molecule has 19 heavy (non-hydrogen) atoms. The molecule has 3 aliphatic rings. The van der Waals surface area contributed by atoms with E-state index in [9.17, 15) is 0 Å². The Hall–Kier alpha value is -0.120. The topological polar surface area (TPSA) is 18.5 Å². The lowest BCUT2D eigenvalue weighted by Gasteiger charge is -2.28. The van der Waals surface area contributed by atoms with Crippen LogP contribution in [0.4, 0.5) is 0 Å². The molecule has 0 radical (unpaired) electrons. The molecule has 0 amide bonds. The Morgan fingerprint density at radius 1 is 1.05 bits per heavy atom. The highest BCUT2D eigenvalue weighted by Crippen LogP contribution is 2.30. The van der Waals surface area contributed by atoms with E-state index < -0.39 is 0 Å². The van der Waals surface area contributed by atoms with Crippen LogP contribution in [-0.4, -0.2) is 62.7 Å². The third-order valence-corrected chi connectivity index (χ3v) is 5.12. The molecule has 3 nitrogen and oxygen atoms in total. The zero-order valence-corrected chi connectivity index (χ0v) is 12.6. The Bertz CT molecular complexity index is 271. The van der Waals surface area contributed by atoms with Crippen LogP contribution in [0.25, 0.3) is 0 Å². The van der Waals surface area contributed by atoms with E-state index >= 15 is 0 Å². The summed E-state index contributed by atoms with van der Waals surface area (Å²) in [6.07, 6.45) is 7.21. The fourth-order valence-corrected chi connectivity index (χ4v) is 3.93. The van der Waals surface area contributed by atoms with Gasteiger partial charge < -0.3 is 15.1 Å². The van der Waals surface area contributed by atoms with Gasteiger partial charge in [0.2, 0.25) is 0 Å². The Kier molecular flexibility index (Phi) is 4.78. The number of rotatable bonds is 6. The van der Waals surface area contributed by atoms with Crippen LogP contribution in [0.15, 0.2) is 0 Å². The van der Waals surface area contributed by atoms with Crippen LogP contribution in [0.3, 0.4) is 0 Å². The van der Waals surface area contributed by atoms with Crippen molar-refractivity contribution in [3.8, 4) is 0 Å². The van der Waals surface area contributed by atoms with Crippen LogP contribution >= 0.6 is 0 Å². The van der Waals surface area contributed by atoms with Gasteiger partial charge in [0.25, 0.3) is 0 Å². The van der Waals surface area contributed by atoms with Crippen molar-refractivity contribution in [2.24, 2.45) is 17.8 Å². The van der Waals surface area contributed by atoms with Crippen molar-refractivity contribution in [1.29, 1.82) is 0 Å². The van der Waals surface area contributed by atoms with E-state index in [4.69, 9.17) is 0 Å². The second kappa shape index (κ2) is 6.55. The molecule has 1 aliphatic carbocycles. The van der Waals surface area contributed by atoms with E-state index in [1.807, 2.05) is 0 Å². The number of hydrogen-bond donors (Lipinski definition) is 1. The summed E-state index contributed by atoms with van der Waals surface area (Å²) < 4.78 is 0. The van der Waals surface area contributed by atoms with E-state index in [1.165, 1.54) is 77.9 Å². The molecule has 0 aromatic carbocycles. The molecular formula is C16H31N3. The average molecular weight is 265 g/mol. The molecule has 3 rings (SSSR count). The van der Waals surface area contributed by atoms with Gasteiger partial charge in [-0.3, -0.25) is 0 Å². The smallest absolute Gasteiger partial charge is 0.00225 e. The minimum absolute atomic E-state index is 0.914. The molecule has 1 N–H and O–H groups in total. The van der Waals surface area contributed by atoms with Crippen LogP contribution in [0.1, 0.15) is 32.1 Å². The summed E-state index contributed by atoms with van der Waals surface area (Å²) >= 11 is 0. The van der Waals surface area contributed by atoms with Crippen molar-refractivity contribution in [2.45, 2.75) is 32.1 Å². The van der Waals surface area contributed by atoms with E-state index in [1.54, 1.807) is 0 Å². The molecule has 1 saturated carbocycles. The summed E-state index contributed by atoms with van der Waals surface area (Å²) in [6, 6.07) is 0. The first-order valence-corrected chi connectivity index (χ1v) is 8.41. The van der Waals surface area contributed by atoms with Crippen LogP contribution in [0.2, 0.25) is 0 Å². The molecule has 0 aromatic rings. The van der Waals surface area contributed by atoms with Gasteiger partial charge in [-0.1, -0.05) is 0 Å². The van der Waals surface area contributed by atoms with Gasteiger partial charge >= 0.3 is 0 Å². The second-order valence-corrected chi connectivity index (χ2v) is 7.29. The molecule has 110 valence electrons. The lowest BCUT2D eigenvalue weighted by atomic mass is 9.99. The summed E-state index contributed by atoms with van der Waals surface area (Å²) in [4.78, 5) is 5.32. The zero-order valence-electron chi connectivity index (χ0n) is 12.6. The molecule has 2 heterocycles. The van der Waals surface area contributed by atoms with E-state index in [2.05, 4.69) is 22.2 Å². The minimum atomic E-state index is 0.914. The van der Waals surface area contributed by atoms with Crippen LogP contribution in [0, 0.1) is 17.8 Å². The number of nitrogens with one attached hydrogen (secondary N) is 1. The summed E-state index contributed by atoms with van der Waals surface area (Å²) in [6.45, 7) is 9.21. The zero-order chi connectivity index (χ0) is 13.1. The van der Waals surface area contributed by atoms with Gasteiger partial charge in [0.05, 0.1) is 0 Å². The Balaban J connectivity index is 1.34. The molecule has 0 bridgehead atoms. The van der Waals surface area contributed by atoms with Crippen LogP contribution in [0.5, 0.6) is 0 Å². The molecule has 3 heteroatoms. The predicted octanol–water partition coefficient (Wildman–Crippen LogP) is 1.65. The Labute approximate surface area is 118 Å². The summed E-state index contributed by atoms with van der Waals surface area (Å²) in [7, 11) is 2.33. The highest BCUT2D eigenvalue weighted by Gasteiger charge is 2.28. The third kappa shape index (κ3) is 4.44. The molecule has 2 aliphatic heterocycles. The predicted molar refractivity (Wildman–Crippen MR) is 80.4 cm³/mol. The SMILES string of the molecule is CN(CC1CC1)CC1CCN(CC2CCCNC2)C1. The average Bonchev–Trinajstić information content (AvgIpc) is 3.11. The largest absolute Gasteiger partial charge is 0.316 e. The monoisotopic (exact) mass is 265 g/mol. The lowest BCUT2D eigenvalue weighted by Crippen LogP contribution is -2.38. The maximum absolute atomic E-state index is 3.55. The summed E-state index contributed by atoms with van der Waals surface area (Å²) in [5, 5.41) is 3.55. The second-order valence-electron chi connectivity index (χ2n) is 7.29. The molecule has 2 unspecified atom stereocenters. The van der Waals surface area contributed by atoms with Gasteiger partial charge in [0, 0.05) is 26.2 Å². The fraction of sp³-hybridized carbons (Fsp3) is 1.00. The van der Waals surface area contributed by atoms with Crippen molar-refractivity contribution in [1.82, 2.24) is 15.1 Å². The normalized spacial score (nSPS) is 33.2. The van der Waals surface area contributed by atoms with Crippen molar-refractivity contribution in [2.75, 3.05) is 52.9 Å². The van der Waals surface area contributed by atoms with Crippen LogP contribution in [-0.2, 0) is 0 Å². The highest BCUT2D eigenvalue weighted by atomic mass is 15.2. The van der Waals surface area contributed by atoms with E-state index in [0.29, 0.717) is 0 Å². The van der Waals surface area contributed by atoms with E-state index in [0.717, 1.165) is 17.8 Å². The van der Waals surface area contributed by atoms with Gasteiger partial charge in [0.15, 0.2) is 0 Å². The molecule has 0 aromatic heterocycles. The van der Waals surface area contributed by atoms with Gasteiger partial charge in [-0.2, -0.15) is 0 Å². The van der Waals surface area contributed by atoms with Crippen molar-refractivity contribution in [3.63, 3.8) is 0 Å². The van der Waals surface area contributed by atoms with E-state index in [-0.39, 0.29) is 0 Å².